The molecular weight excluding hydrogens is 299 g/mol. The summed E-state index contributed by atoms with van der Waals surface area (Å²) in [4.78, 5) is 11.3. The van der Waals surface area contributed by atoms with Crippen molar-refractivity contribution < 1.29 is 22.3 Å². The summed E-state index contributed by atoms with van der Waals surface area (Å²) in [6.07, 6.45) is 0. The summed E-state index contributed by atoms with van der Waals surface area (Å²) >= 11 is 0. The molecule has 1 rings (SSSR count). The topological polar surface area (TPSA) is 89.7 Å². The fourth-order valence-electron chi connectivity index (χ4n) is 2.03. The minimum Gasteiger partial charge on any atom is -0.468 e. The molecule has 8 heteroatoms. The van der Waals surface area contributed by atoms with Gasteiger partial charge in [0.1, 0.15) is 12.4 Å². The van der Waals surface area contributed by atoms with Gasteiger partial charge < -0.3 is 10.5 Å². The van der Waals surface area contributed by atoms with E-state index in [-0.39, 0.29) is 28.3 Å². The second kappa shape index (κ2) is 6.40. The summed E-state index contributed by atoms with van der Waals surface area (Å²) < 4.78 is 44.3. The van der Waals surface area contributed by atoms with E-state index in [2.05, 4.69) is 4.74 Å². The third kappa shape index (κ3) is 3.33. The SMILES string of the molecule is CCN(CC(=O)OC)S(=O)(=O)c1c(C)cc(F)c(N)c1C. The second-order valence-corrected chi connectivity index (χ2v) is 6.43. The lowest BCUT2D eigenvalue weighted by Gasteiger charge is -2.22. The van der Waals surface area contributed by atoms with E-state index in [9.17, 15) is 17.6 Å². The van der Waals surface area contributed by atoms with E-state index in [1.807, 2.05) is 0 Å². The Morgan fingerprint density at radius 1 is 1.43 bits per heavy atom. The van der Waals surface area contributed by atoms with Gasteiger partial charge in [-0.2, -0.15) is 4.31 Å². The van der Waals surface area contributed by atoms with Gasteiger partial charge in [-0.1, -0.05) is 6.92 Å². The van der Waals surface area contributed by atoms with E-state index in [4.69, 9.17) is 5.73 Å². The molecule has 0 fully saturated rings. The monoisotopic (exact) mass is 318 g/mol. The van der Waals surface area contributed by atoms with Crippen LogP contribution in [0.2, 0.25) is 0 Å². The molecule has 0 heterocycles. The number of aryl methyl sites for hydroxylation is 1. The Balaban J connectivity index is 3.43. The van der Waals surface area contributed by atoms with E-state index in [1.165, 1.54) is 21.0 Å². The molecule has 0 aliphatic heterocycles. The van der Waals surface area contributed by atoms with Gasteiger partial charge in [0, 0.05) is 6.54 Å². The number of carbonyl (C=O) groups excluding carboxylic acids is 1. The van der Waals surface area contributed by atoms with Crippen LogP contribution in [0, 0.1) is 19.7 Å². The molecule has 118 valence electrons. The van der Waals surface area contributed by atoms with Crippen molar-refractivity contribution in [3.05, 3.63) is 23.0 Å². The molecule has 0 spiro atoms. The summed E-state index contributed by atoms with van der Waals surface area (Å²) in [5.74, 6) is -1.34. The zero-order valence-electron chi connectivity index (χ0n) is 12.4. The first-order chi connectivity index (χ1) is 9.66. The number of nitrogen functional groups attached to an aromatic ring is 1. The van der Waals surface area contributed by atoms with Crippen molar-refractivity contribution in [2.45, 2.75) is 25.7 Å². The first-order valence-electron chi connectivity index (χ1n) is 6.28. The van der Waals surface area contributed by atoms with Gasteiger partial charge in [-0.05, 0) is 31.0 Å². The van der Waals surface area contributed by atoms with Crippen LogP contribution in [0.3, 0.4) is 0 Å². The normalized spacial score (nSPS) is 11.7. The lowest BCUT2D eigenvalue weighted by Crippen LogP contribution is -2.36. The largest absolute Gasteiger partial charge is 0.468 e. The highest BCUT2D eigenvalue weighted by Gasteiger charge is 2.30. The van der Waals surface area contributed by atoms with E-state index in [1.54, 1.807) is 6.92 Å². The van der Waals surface area contributed by atoms with Crippen molar-refractivity contribution in [1.82, 2.24) is 4.31 Å². The second-order valence-electron chi connectivity index (χ2n) is 4.55. The van der Waals surface area contributed by atoms with Gasteiger partial charge in [0.2, 0.25) is 10.0 Å². The molecule has 0 radical (unpaired) electrons. The average Bonchev–Trinajstić information content (AvgIpc) is 2.41. The summed E-state index contributed by atoms with van der Waals surface area (Å²) in [6.45, 7) is 4.18. The highest BCUT2D eigenvalue weighted by atomic mass is 32.2. The molecule has 0 saturated heterocycles. The number of esters is 1. The zero-order chi connectivity index (χ0) is 16.4. The molecule has 0 aromatic heterocycles. The Kier molecular flexibility index (Phi) is 5.30. The average molecular weight is 318 g/mol. The maximum atomic E-state index is 13.5. The molecule has 0 atom stereocenters. The molecule has 21 heavy (non-hydrogen) atoms. The number of hydrogen-bond donors (Lipinski definition) is 1. The van der Waals surface area contributed by atoms with Crippen LogP contribution in [0.1, 0.15) is 18.1 Å². The van der Waals surface area contributed by atoms with Crippen molar-refractivity contribution >= 4 is 21.7 Å². The predicted octanol–water partition coefficient (Wildman–Crippen LogP) is 1.21. The zero-order valence-corrected chi connectivity index (χ0v) is 13.3. The number of sulfonamides is 1. The maximum Gasteiger partial charge on any atom is 0.321 e. The number of rotatable bonds is 5. The summed E-state index contributed by atoms with van der Waals surface area (Å²) in [5.41, 5.74) is 5.73. The highest BCUT2D eigenvalue weighted by Crippen LogP contribution is 2.29. The van der Waals surface area contributed by atoms with Crippen molar-refractivity contribution in [2.75, 3.05) is 25.9 Å². The Bertz CT molecular complexity index is 659. The fourth-order valence-corrected chi connectivity index (χ4v) is 3.87. The van der Waals surface area contributed by atoms with Crippen LogP contribution in [-0.4, -0.2) is 38.9 Å². The number of hydrogen-bond acceptors (Lipinski definition) is 5. The number of benzene rings is 1. The first kappa shape index (κ1) is 17.4. The quantitative estimate of drug-likeness (QED) is 0.651. The molecule has 0 saturated carbocycles. The van der Waals surface area contributed by atoms with Crippen LogP contribution in [0.5, 0.6) is 0 Å². The minimum atomic E-state index is -3.97. The van der Waals surface area contributed by atoms with Crippen molar-refractivity contribution in [3.8, 4) is 0 Å². The number of nitrogens with zero attached hydrogens (tertiary/aromatic N) is 1. The lowest BCUT2D eigenvalue weighted by atomic mass is 10.1. The van der Waals surface area contributed by atoms with E-state index >= 15 is 0 Å². The highest BCUT2D eigenvalue weighted by molar-refractivity contribution is 7.89. The lowest BCUT2D eigenvalue weighted by molar-refractivity contribution is -0.140. The van der Waals surface area contributed by atoms with E-state index < -0.39 is 28.4 Å². The van der Waals surface area contributed by atoms with Crippen molar-refractivity contribution in [2.24, 2.45) is 0 Å². The van der Waals surface area contributed by atoms with Gasteiger partial charge in [0.25, 0.3) is 0 Å². The van der Waals surface area contributed by atoms with Crippen molar-refractivity contribution in [3.63, 3.8) is 0 Å². The molecule has 1 aromatic carbocycles. The smallest absolute Gasteiger partial charge is 0.321 e. The molecule has 0 bridgehead atoms. The molecule has 0 aliphatic carbocycles. The molecular formula is C13H19FN2O4S. The van der Waals surface area contributed by atoms with Gasteiger partial charge >= 0.3 is 5.97 Å². The third-order valence-electron chi connectivity index (χ3n) is 3.19. The Labute approximate surface area is 123 Å². The summed E-state index contributed by atoms with van der Waals surface area (Å²) in [6, 6.07) is 1.07. The Morgan fingerprint density at radius 2 is 2.00 bits per heavy atom. The molecule has 2 N–H and O–H groups in total. The molecule has 0 aliphatic rings. The van der Waals surface area contributed by atoms with E-state index in [0.717, 1.165) is 10.4 Å². The standard InChI is InChI=1S/C13H19FN2O4S/c1-5-16(7-11(17)20-4)21(18,19)13-8(2)6-10(14)12(15)9(13)3/h6H,5,7,15H2,1-4H3. The van der Waals surface area contributed by atoms with Crippen LogP contribution in [0.15, 0.2) is 11.0 Å². The van der Waals surface area contributed by atoms with Gasteiger partial charge in [-0.25, -0.2) is 12.8 Å². The van der Waals surface area contributed by atoms with Crippen LogP contribution in [-0.2, 0) is 19.6 Å². The summed E-state index contributed by atoms with van der Waals surface area (Å²) in [5, 5.41) is 0. The van der Waals surface area contributed by atoms with E-state index in [0.29, 0.717) is 0 Å². The van der Waals surface area contributed by atoms with Crippen LogP contribution in [0.4, 0.5) is 10.1 Å². The number of carbonyl (C=O) groups is 1. The van der Waals surface area contributed by atoms with Gasteiger partial charge in [-0.3, -0.25) is 4.79 Å². The number of nitrogens with two attached hydrogens (primary N) is 1. The molecule has 1 aromatic rings. The summed E-state index contributed by atoms with van der Waals surface area (Å²) in [7, 11) is -2.80. The molecule has 0 unspecified atom stereocenters. The maximum absolute atomic E-state index is 13.5. The third-order valence-corrected chi connectivity index (χ3v) is 5.40. The minimum absolute atomic E-state index is 0.0767. The number of likely N-dealkylation sites (N-methyl/N-ethyl adjacent to an activating group) is 1. The van der Waals surface area contributed by atoms with Crippen molar-refractivity contribution in [1.29, 1.82) is 0 Å². The van der Waals surface area contributed by atoms with Gasteiger partial charge in [0.15, 0.2) is 0 Å². The molecule has 0 amide bonds. The first-order valence-corrected chi connectivity index (χ1v) is 7.72. The number of methoxy groups -OCH3 is 1. The number of anilines is 1. The predicted molar refractivity (Wildman–Crippen MR) is 76.7 cm³/mol. The van der Waals surface area contributed by atoms with Gasteiger partial charge in [-0.15, -0.1) is 0 Å². The molecule has 6 nitrogen and oxygen atoms in total. The van der Waals surface area contributed by atoms with Crippen LogP contribution >= 0.6 is 0 Å². The fraction of sp³-hybridized carbons (Fsp3) is 0.462. The van der Waals surface area contributed by atoms with Gasteiger partial charge in [0.05, 0.1) is 17.7 Å². The Morgan fingerprint density at radius 3 is 2.48 bits per heavy atom. The van der Waals surface area contributed by atoms with Crippen LogP contribution < -0.4 is 5.73 Å². The number of halogens is 1. The number of ether oxygens (including phenoxy) is 1. The Hall–Kier alpha value is -1.67. The van der Waals surface area contributed by atoms with Crippen LogP contribution in [0.25, 0.3) is 0 Å².